The van der Waals surface area contributed by atoms with Crippen LogP contribution in [0, 0.1) is 0 Å². The monoisotopic (exact) mass is 182 g/mol. The first-order valence-electron chi connectivity index (χ1n) is 4.11. The number of rotatable bonds is 4. The maximum Gasteiger partial charge on any atom is 0.214 e. The van der Waals surface area contributed by atoms with Crippen molar-refractivity contribution in [2.24, 2.45) is 0 Å². The van der Waals surface area contributed by atoms with Crippen molar-refractivity contribution in [3.63, 3.8) is 0 Å². The molecule has 0 aliphatic heterocycles. The van der Waals surface area contributed by atoms with Crippen molar-refractivity contribution in [2.75, 3.05) is 32.2 Å². The molecular weight excluding hydrogens is 168 g/mol. The summed E-state index contributed by atoms with van der Waals surface area (Å²) in [6.45, 7) is 0.690. The molecule has 4 heteroatoms. The number of aliphatic hydroxyl groups is 1. The molecule has 0 fully saturated rings. The molecule has 1 aromatic heterocycles. The van der Waals surface area contributed by atoms with E-state index in [-0.39, 0.29) is 6.61 Å². The predicted molar refractivity (Wildman–Crippen MR) is 51.1 cm³/mol. The van der Waals surface area contributed by atoms with Crippen LogP contribution in [-0.2, 0) is 0 Å². The van der Waals surface area contributed by atoms with Crippen molar-refractivity contribution in [1.82, 2.24) is 4.98 Å². The number of pyridine rings is 1. The Morgan fingerprint density at radius 1 is 1.54 bits per heavy atom. The van der Waals surface area contributed by atoms with Crippen molar-refractivity contribution in [2.45, 2.75) is 0 Å². The van der Waals surface area contributed by atoms with Gasteiger partial charge in [0.15, 0.2) is 0 Å². The Labute approximate surface area is 77.8 Å². The highest BCUT2D eigenvalue weighted by Gasteiger charge is 2.01. The molecule has 0 bridgehead atoms. The number of anilines is 1. The quantitative estimate of drug-likeness (QED) is 0.737. The third kappa shape index (κ3) is 2.59. The van der Waals surface area contributed by atoms with Crippen molar-refractivity contribution < 1.29 is 9.84 Å². The van der Waals surface area contributed by atoms with Crippen LogP contribution in [0.4, 0.5) is 5.82 Å². The summed E-state index contributed by atoms with van der Waals surface area (Å²) in [7, 11) is 3.45. The molecule has 72 valence electrons. The number of nitrogens with zero attached hydrogens (tertiary/aromatic N) is 2. The lowest BCUT2D eigenvalue weighted by Crippen LogP contribution is -2.22. The Morgan fingerprint density at radius 3 is 2.92 bits per heavy atom. The Bertz CT molecular complexity index is 266. The van der Waals surface area contributed by atoms with Crippen LogP contribution in [-0.4, -0.2) is 37.4 Å². The summed E-state index contributed by atoms with van der Waals surface area (Å²) in [5.74, 6) is 1.38. The van der Waals surface area contributed by atoms with Gasteiger partial charge in [0.1, 0.15) is 5.82 Å². The maximum absolute atomic E-state index is 8.72. The van der Waals surface area contributed by atoms with Gasteiger partial charge in [0, 0.05) is 19.7 Å². The molecule has 0 atom stereocenters. The van der Waals surface area contributed by atoms with Crippen molar-refractivity contribution >= 4 is 5.82 Å². The van der Waals surface area contributed by atoms with E-state index in [1.165, 1.54) is 0 Å². The minimum atomic E-state index is 0.120. The highest BCUT2D eigenvalue weighted by Crippen LogP contribution is 2.13. The number of aromatic nitrogens is 1. The molecule has 0 aromatic carbocycles. The lowest BCUT2D eigenvalue weighted by atomic mass is 10.4. The van der Waals surface area contributed by atoms with Crippen LogP contribution in [0.5, 0.6) is 5.88 Å². The van der Waals surface area contributed by atoms with Gasteiger partial charge in [-0.15, -0.1) is 0 Å². The van der Waals surface area contributed by atoms with E-state index in [1.807, 2.05) is 24.1 Å². The number of likely N-dealkylation sites (N-methyl/N-ethyl adjacent to an activating group) is 1. The normalized spacial score (nSPS) is 9.77. The Balaban J connectivity index is 2.75. The molecule has 0 saturated heterocycles. The second kappa shape index (κ2) is 4.67. The molecule has 1 N–H and O–H groups in total. The van der Waals surface area contributed by atoms with Crippen molar-refractivity contribution in [3.8, 4) is 5.88 Å². The van der Waals surface area contributed by atoms with E-state index in [0.29, 0.717) is 12.4 Å². The van der Waals surface area contributed by atoms with E-state index in [1.54, 1.807) is 13.2 Å². The van der Waals surface area contributed by atoms with Crippen molar-refractivity contribution in [1.29, 1.82) is 0 Å². The maximum atomic E-state index is 8.72. The Hall–Kier alpha value is -1.29. The van der Waals surface area contributed by atoms with Crippen molar-refractivity contribution in [3.05, 3.63) is 18.2 Å². The van der Waals surface area contributed by atoms with Crippen LogP contribution < -0.4 is 9.64 Å². The van der Waals surface area contributed by atoms with Crippen LogP contribution in [0.15, 0.2) is 18.2 Å². The fourth-order valence-corrected chi connectivity index (χ4v) is 0.995. The minimum Gasteiger partial charge on any atom is -0.481 e. The molecule has 0 radical (unpaired) electrons. The van der Waals surface area contributed by atoms with E-state index in [0.717, 1.165) is 5.82 Å². The lowest BCUT2D eigenvalue weighted by Gasteiger charge is -2.16. The molecule has 0 amide bonds. The fraction of sp³-hybridized carbons (Fsp3) is 0.444. The Morgan fingerprint density at radius 2 is 2.31 bits per heavy atom. The highest BCUT2D eigenvalue weighted by molar-refractivity contribution is 5.39. The first-order chi connectivity index (χ1) is 6.27. The van der Waals surface area contributed by atoms with E-state index < -0.39 is 0 Å². The zero-order valence-corrected chi connectivity index (χ0v) is 7.90. The zero-order chi connectivity index (χ0) is 9.68. The Kier molecular flexibility index (Phi) is 3.52. The molecule has 1 aromatic rings. The van der Waals surface area contributed by atoms with Gasteiger partial charge in [-0.3, -0.25) is 0 Å². The lowest BCUT2D eigenvalue weighted by molar-refractivity contribution is 0.303. The van der Waals surface area contributed by atoms with Gasteiger partial charge in [0.05, 0.1) is 13.7 Å². The molecule has 0 spiro atoms. The third-order valence-corrected chi connectivity index (χ3v) is 1.74. The largest absolute Gasteiger partial charge is 0.481 e. The van der Waals surface area contributed by atoms with Crippen LogP contribution in [0.3, 0.4) is 0 Å². The van der Waals surface area contributed by atoms with E-state index >= 15 is 0 Å². The van der Waals surface area contributed by atoms with Gasteiger partial charge in [-0.2, -0.15) is 4.98 Å². The van der Waals surface area contributed by atoms with Crippen LogP contribution in [0.2, 0.25) is 0 Å². The number of hydrogen-bond donors (Lipinski definition) is 1. The molecule has 0 unspecified atom stereocenters. The standard InChI is InChI=1S/C9H14N2O2/c1-11(6-7-12)8-4-3-5-9(10-8)13-2/h3-5,12H,6-7H2,1-2H3. The molecule has 1 rings (SSSR count). The summed E-state index contributed by atoms with van der Waals surface area (Å²) in [5.41, 5.74) is 0. The SMILES string of the molecule is COc1cccc(N(C)CCO)n1. The van der Waals surface area contributed by atoms with Gasteiger partial charge in [0.25, 0.3) is 0 Å². The summed E-state index contributed by atoms with van der Waals surface area (Å²) in [6, 6.07) is 5.53. The number of methoxy groups -OCH3 is 1. The molecule has 4 nitrogen and oxygen atoms in total. The summed E-state index contributed by atoms with van der Waals surface area (Å²) in [4.78, 5) is 6.07. The summed E-state index contributed by atoms with van der Waals surface area (Å²) >= 11 is 0. The molecule has 0 aliphatic carbocycles. The predicted octanol–water partition coefficient (Wildman–Crippen LogP) is 0.519. The molecule has 13 heavy (non-hydrogen) atoms. The second-order valence-corrected chi connectivity index (χ2v) is 2.68. The van der Waals surface area contributed by atoms with Gasteiger partial charge in [-0.25, -0.2) is 0 Å². The van der Waals surface area contributed by atoms with Gasteiger partial charge in [-0.05, 0) is 6.07 Å². The van der Waals surface area contributed by atoms with E-state index in [2.05, 4.69) is 4.98 Å². The third-order valence-electron chi connectivity index (χ3n) is 1.74. The van der Waals surface area contributed by atoms with Gasteiger partial charge < -0.3 is 14.7 Å². The first kappa shape index (κ1) is 9.80. The zero-order valence-electron chi connectivity index (χ0n) is 7.90. The average Bonchev–Trinajstić information content (AvgIpc) is 2.18. The van der Waals surface area contributed by atoms with Gasteiger partial charge in [0.2, 0.25) is 5.88 Å². The summed E-state index contributed by atoms with van der Waals surface area (Å²) in [6.07, 6.45) is 0. The van der Waals surface area contributed by atoms with Crippen LogP contribution in [0.1, 0.15) is 0 Å². The van der Waals surface area contributed by atoms with Gasteiger partial charge >= 0.3 is 0 Å². The first-order valence-corrected chi connectivity index (χ1v) is 4.11. The molecule has 0 saturated carbocycles. The molecule has 0 aliphatic rings. The smallest absolute Gasteiger partial charge is 0.214 e. The minimum absolute atomic E-state index is 0.120. The summed E-state index contributed by atoms with van der Waals surface area (Å²) in [5, 5.41) is 8.72. The second-order valence-electron chi connectivity index (χ2n) is 2.68. The number of aliphatic hydroxyl groups excluding tert-OH is 1. The molecule has 1 heterocycles. The number of hydrogen-bond acceptors (Lipinski definition) is 4. The average molecular weight is 182 g/mol. The topological polar surface area (TPSA) is 45.6 Å². The number of ether oxygens (including phenoxy) is 1. The fourth-order valence-electron chi connectivity index (χ4n) is 0.995. The van der Waals surface area contributed by atoms with E-state index in [9.17, 15) is 0 Å². The van der Waals surface area contributed by atoms with Crippen LogP contribution in [0.25, 0.3) is 0 Å². The van der Waals surface area contributed by atoms with E-state index in [4.69, 9.17) is 9.84 Å². The van der Waals surface area contributed by atoms with Crippen LogP contribution >= 0.6 is 0 Å². The summed E-state index contributed by atoms with van der Waals surface area (Å²) < 4.78 is 4.98. The highest BCUT2D eigenvalue weighted by atomic mass is 16.5. The molecular formula is C9H14N2O2. The van der Waals surface area contributed by atoms with Gasteiger partial charge in [-0.1, -0.05) is 6.07 Å².